The van der Waals surface area contributed by atoms with Crippen LogP contribution in [0.15, 0.2) is 36.4 Å². The van der Waals surface area contributed by atoms with Gasteiger partial charge in [-0.3, -0.25) is 0 Å². The Labute approximate surface area is 218 Å². The summed E-state index contributed by atoms with van der Waals surface area (Å²) in [5.74, 6) is 1.40. The molecule has 0 saturated carbocycles. The molecule has 2 heterocycles. The molecule has 194 valence electrons. The van der Waals surface area contributed by atoms with Gasteiger partial charge in [-0.1, -0.05) is 23.2 Å². The van der Waals surface area contributed by atoms with Gasteiger partial charge in [-0.2, -0.15) is 0 Å². The van der Waals surface area contributed by atoms with E-state index < -0.39 is 0 Å². The molecule has 0 unspecified atom stereocenters. The Morgan fingerprint density at radius 3 is 1.77 bits per heavy atom. The quantitative estimate of drug-likeness (QED) is 0.508. The average molecular weight is 527 g/mol. The summed E-state index contributed by atoms with van der Waals surface area (Å²) < 4.78 is 15.7. The van der Waals surface area contributed by atoms with Crippen molar-refractivity contribution in [3.8, 4) is 11.5 Å². The fourth-order valence-electron chi connectivity index (χ4n) is 4.25. The summed E-state index contributed by atoms with van der Waals surface area (Å²) in [5.41, 5.74) is 2.21. The van der Waals surface area contributed by atoms with Crippen LogP contribution in [0.5, 0.6) is 11.5 Å². The van der Waals surface area contributed by atoms with Crippen molar-refractivity contribution in [2.75, 3.05) is 83.6 Å². The van der Waals surface area contributed by atoms with E-state index in [9.17, 15) is 0 Å². The molecule has 0 aliphatic carbocycles. The van der Waals surface area contributed by atoms with E-state index in [1.807, 2.05) is 36.4 Å². The fourth-order valence-corrected chi connectivity index (χ4v) is 4.63. The maximum Gasteiger partial charge on any atom is 0.139 e. The minimum atomic E-state index is 0.130. The Morgan fingerprint density at radius 2 is 1.31 bits per heavy atom. The van der Waals surface area contributed by atoms with Crippen molar-refractivity contribution < 1.29 is 19.3 Å². The van der Waals surface area contributed by atoms with Crippen LogP contribution in [0.4, 0.5) is 11.4 Å². The number of anilines is 2. The normalized spacial score (nSPS) is 20.2. The Balaban J connectivity index is 0.000000196. The number of aliphatic hydroxyl groups is 1. The number of ether oxygens (including phenoxy) is 3. The number of hydrogen-bond donors (Lipinski definition) is 3. The van der Waals surface area contributed by atoms with E-state index in [1.54, 1.807) is 21.3 Å². The summed E-state index contributed by atoms with van der Waals surface area (Å²) >= 11 is 12.0. The topological polar surface area (TPSA) is 78.5 Å². The first-order valence-electron chi connectivity index (χ1n) is 11.7. The highest BCUT2D eigenvalue weighted by molar-refractivity contribution is 6.32. The predicted molar refractivity (Wildman–Crippen MR) is 143 cm³/mol. The molecule has 2 atom stereocenters. The highest BCUT2D eigenvalue weighted by atomic mass is 35.5. The summed E-state index contributed by atoms with van der Waals surface area (Å²) in [7, 11) is 4.97. The molecular weight excluding hydrogens is 491 g/mol. The lowest BCUT2D eigenvalue weighted by molar-refractivity contribution is 0.163. The monoisotopic (exact) mass is 526 g/mol. The smallest absolute Gasteiger partial charge is 0.139 e. The summed E-state index contributed by atoms with van der Waals surface area (Å²) in [6, 6.07) is 12.1. The second-order valence-corrected chi connectivity index (χ2v) is 9.28. The van der Waals surface area contributed by atoms with Crippen LogP contribution in [0.1, 0.15) is 0 Å². The molecule has 8 nitrogen and oxygen atoms in total. The Kier molecular flexibility index (Phi) is 11.0. The number of rotatable bonds is 7. The van der Waals surface area contributed by atoms with Crippen LogP contribution in [0, 0.1) is 0 Å². The van der Waals surface area contributed by atoms with Crippen molar-refractivity contribution in [2.45, 2.75) is 12.1 Å². The SMILES string of the molecule is COC[C@H]1CN(c2ccc(Cl)c(OC)c2)CCN1.COc1cc(N2CCN[C@@H](CO)C2)ccc1Cl. The molecular formula is C25H36Cl2N4O4. The fraction of sp³-hybridized carbons (Fsp3) is 0.520. The zero-order valence-corrected chi connectivity index (χ0v) is 22.1. The van der Waals surface area contributed by atoms with E-state index >= 15 is 0 Å². The van der Waals surface area contributed by atoms with Crippen molar-refractivity contribution in [3.63, 3.8) is 0 Å². The van der Waals surface area contributed by atoms with Gasteiger partial charge in [0.1, 0.15) is 11.5 Å². The number of halogens is 2. The maximum atomic E-state index is 9.17. The second kappa shape index (κ2) is 14.0. The van der Waals surface area contributed by atoms with Crippen LogP contribution < -0.4 is 29.9 Å². The third kappa shape index (κ3) is 7.77. The summed E-state index contributed by atoms with van der Waals surface area (Å²) in [5, 5.41) is 17.1. The van der Waals surface area contributed by atoms with Crippen molar-refractivity contribution in [1.29, 1.82) is 0 Å². The first-order chi connectivity index (χ1) is 17.0. The van der Waals surface area contributed by atoms with E-state index in [-0.39, 0.29) is 12.6 Å². The lowest BCUT2D eigenvalue weighted by Crippen LogP contribution is -2.52. The lowest BCUT2D eigenvalue weighted by Gasteiger charge is -2.35. The zero-order chi connectivity index (χ0) is 25.2. The highest BCUT2D eigenvalue weighted by Crippen LogP contribution is 2.30. The Bertz CT molecular complexity index is 934. The molecule has 0 radical (unpaired) electrons. The molecule has 0 spiro atoms. The second-order valence-electron chi connectivity index (χ2n) is 8.47. The summed E-state index contributed by atoms with van der Waals surface area (Å²) in [4.78, 5) is 4.54. The van der Waals surface area contributed by atoms with Gasteiger partial charge in [0.2, 0.25) is 0 Å². The molecule has 2 aliphatic heterocycles. The number of nitrogens with one attached hydrogen (secondary N) is 2. The van der Waals surface area contributed by atoms with Gasteiger partial charge >= 0.3 is 0 Å². The van der Waals surface area contributed by atoms with Crippen molar-refractivity contribution >= 4 is 34.6 Å². The largest absolute Gasteiger partial charge is 0.495 e. The number of benzene rings is 2. The van der Waals surface area contributed by atoms with Gasteiger partial charge in [0, 0.05) is 82.0 Å². The molecule has 4 rings (SSSR count). The van der Waals surface area contributed by atoms with Crippen LogP contribution in [-0.2, 0) is 4.74 Å². The molecule has 0 bridgehead atoms. The minimum Gasteiger partial charge on any atom is -0.495 e. The standard InChI is InChI=1S/C13H19ClN2O2.C12H17ClN2O2/c1-17-9-10-8-16(6-5-15-10)11-3-4-12(14)13(7-11)18-2;1-17-12-6-10(2-3-11(12)13)15-5-4-14-9(7-15)8-16/h3-4,7,10,15H,5-6,8-9H2,1-2H3;2-3,6,9,14,16H,4-5,7-8H2,1H3/t10-;9-/m11/s1. The molecule has 0 amide bonds. The predicted octanol–water partition coefficient (Wildman–Crippen LogP) is 2.89. The van der Waals surface area contributed by atoms with Gasteiger partial charge in [0.15, 0.2) is 0 Å². The highest BCUT2D eigenvalue weighted by Gasteiger charge is 2.21. The molecule has 2 fully saturated rings. The van der Waals surface area contributed by atoms with Crippen molar-refractivity contribution in [1.82, 2.24) is 10.6 Å². The van der Waals surface area contributed by atoms with Crippen molar-refractivity contribution in [3.05, 3.63) is 46.4 Å². The Morgan fingerprint density at radius 1 is 0.829 bits per heavy atom. The van der Waals surface area contributed by atoms with E-state index in [0.29, 0.717) is 21.8 Å². The first-order valence-corrected chi connectivity index (χ1v) is 12.5. The van der Waals surface area contributed by atoms with E-state index in [2.05, 4.69) is 20.4 Å². The van der Waals surface area contributed by atoms with Gasteiger partial charge in [0.25, 0.3) is 0 Å². The van der Waals surface area contributed by atoms with Crippen LogP contribution in [0.2, 0.25) is 10.0 Å². The molecule has 2 aliphatic rings. The number of hydrogen-bond acceptors (Lipinski definition) is 8. The van der Waals surface area contributed by atoms with Gasteiger partial charge in [-0.15, -0.1) is 0 Å². The molecule has 10 heteroatoms. The molecule has 2 aromatic carbocycles. The van der Waals surface area contributed by atoms with Crippen LogP contribution >= 0.6 is 23.2 Å². The average Bonchev–Trinajstić information content (AvgIpc) is 2.90. The number of nitrogens with zero attached hydrogens (tertiary/aromatic N) is 2. The first kappa shape index (κ1) is 27.6. The van der Waals surface area contributed by atoms with Crippen molar-refractivity contribution in [2.24, 2.45) is 0 Å². The van der Waals surface area contributed by atoms with Crippen LogP contribution in [0.25, 0.3) is 0 Å². The summed E-state index contributed by atoms with van der Waals surface area (Å²) in [6.45, 7) is 6.32. The summed E-state index contributed by atoms with van der Waals surface area (Å²) in [6.07, 6.45) is 0. The lowest BCUT2D eigenvalue weighted by atomic mass is 10.2. The van der Waals surface area contributed by atoms with Gasteiger partial charge < -0.3 is 39.8 Å². The van der Waals surface area contributed by atoms with Crippen LogP contribution in [-0.4, -0.2) is 91.0 Å². The van der Waals surface area contributed by atoms with Gasteiger partial charge in [0.05, 0.1) is 37.5 Å². The van der Waals surface area contributed by atoms with Gasteiger partial charge in [-0.25, -0.2) is 0 Å². The van der Waals surface area contributed by atoms with E-state index in [0.717, 1.165) is 63.0 Å². The third-order valence-corrected chi connectivity index (χ3v) is 6.72. The minimum absolute atomic E-state index is 0.130. The molecule has 35 heavy (non-hydrogen) atoms. The molecule has 3 N–H and O–H groups in total. The van der Waals surface area contributed by atoms with E-state index in [1.165, 1.54) is 0 Å². The molecule has 0 aromatic heterocycles. The maximum absolute atomic E-state index is 9.17. The van der Waals surface area contributed by atoms with Gasteiger partial charge in [-0.05, 0) is 24.3 Å². The zero-order valence-electron chi connectivity index (χ0n) is 20.6. The third-order valence-electron chi connectivity index (χ3n) is 6.10. The Hall–Kier alpha value is -1.94. The molecule has 2 aromatic rings. The number of methoxy groups -OCH3 is 3. The number of piperazine rings is 2. The van der Waals surface area contributed by atoms with E-state index in [4.69, 9.17) is 42.5 Å². The number of aliphatic hydroxyl groups excluding tert-OH is 1. The molecule has 2 saturated heterocycles. The van der Waals surface area contributed by atoms with Crippen LogP contribution in [0.3, 0.4) is 0 Å².